The van der Waals surface area contributed by atoms with Crippen LogP contribution in [0.1, 0.15) is 11.9 Å². The molecule has 1 aromatic carbocycles. The third-order valence-electron chi connectivity index (χ3n) is 3.53. The molecule has 3 rings (SSSR count). The molecule has 2 N–H and O–H groups in total. The molecule has 6 heteroatoms. The fourth-order valence-corrected chi connectivity index (χ4v) is 2.38. The largest absolute Gasteiger partial charge is 0.394 e. The van der Waals surface area contributed by atoms with Crippen LogP contribution in [0.4, 0.5) is 5.69 Å². The van der Waals surface area contributed by atoms with E-state index in [1.165, 1.54) is 0 Å². The molecule has 1 amide bonds. The molecule has 0 radical (unpaired) electrons. The summed E-state index contributed by atoms with van der Waals surface area (Å²) in [6.07, 6.45) is 4.88. The summed E-state index contributed by atoms with van der Waals surface area (Å²) in [5, 5.41) is 13.3. The van der Waals surface area contributed by atoms with Gasteiger partial charge >= 0.3 is 0 Å². The van der Waals surface area contributed by atoms with E-state index in [2.05, 4.69) is 15.3 Å². The second kappa shape index (κ2) is 5.95. The summed E-state index contributed by atoms with van der Waals surface area (Å²) in [5.41, 5.74) is 1.46. The second-order valence-electron chi connectivity index (χ2n) is 4.99. The summed E-state index contributed by atoms with van der Waals surface area (Å²) in [6, 6.07) is 8.82. The van der Waals surface area contributed by atoms with Crippen molar-refractivity contribution >= 4 is 22.5 Å². The van der Waals surface area contributed by atoms with Gasteiger partial charge in [-0.1, -0.05) is 18.2 Å². The number of amides is 1. The van der Waals surface area contributed by atoms with Gasteiger partial charge in [0.15, 0.2) is 0 Å². The van der Waals surface area contributed by atoms with Gasteiger partial charge in [-0.15, -0.1) is 0 Å². The molecule has 0 fully saturated rings. The maximum absolute atomic E-state index is 12.4. The van der Waals surface area contributed by atoms with E-state index in [1.807, 2.05) is 30.3 Å². The number of aliphatic hydroxyl groups excluding tert-OH is 1. The second-order valence-corrected chi connectivity index (χ2v) is 4.99. The van der Waals surface area contributed by atoms with E-state index >= 15 is 0 Å². The molecule has 22 heavy (non-hydrogen) atoms. The Morgan fingerprint density at radius 2 is 2.18 bits per heavy atom. The maximum Gasteiger partial charge on any atom is 0.249 e. The highest BCUT2D eigenvalue weighted by Gasteiger charge is 2.21. The lowest BCUT2D eigenvalue weighted by molar-refractivity contribution is -0.120. The van der Waals surface area contributed by atoms with Crippen LogP contribution in [0, 0.1) is 6.92 Å². The minimum atomic E-state index is -0.714. The van der Waals surface area contributed by atoms with Crippen LogP contribution in [-0.2, 0) is 4.79 Å². The number of hydrogen-bond acceptors (Lipinski definition) is 4. The number of imidazole rings is 1. The van der Waals surface area contributed by atoms with Crippen LogP contribution in [-0.4, -0.2) is 32.2 Å². The Hall–Kier alpha value is -2.73. The van der Waals surface area contributed by atoms with Gasteiger partial charge in [-0.2, -0.15) is 0 Å². The molecular weight excluding hydrogens is 280 g/mol. The number of fused-ring (bicyclic) bond motifs is 1. The van der Waals surface area contributed by atoms with Crippen molar-refractivity contribution in [1.29, 1.82) is 0 Å². The molecule has 0 aliphatic carbocycles. The van der Waals surface area contributed by atoms with E-state index in [4.69, 9.17) is 0 Å². The van der Waals surface area contributed by atoms with Gasteiger partial charge in [0.1, 0.15) is 11.9 Å². The van der Waals surface area contributed by atoms with Crippen molar-refractivity contribution in [3.63, 3.8) is 0 Å². The number of rotatable bonds is 4. The summed E-state index contributed by atoms with van der Waals surface area (Å²) >= 11 is 0. The Labute approximate surface area is 127 Å². The number of anilines is 1. The quantitative estimate of drug-likeness (QED) is 0.770. The maximum atomic E-state index is 12.4. The fourth-order valence-electron chi connectivity index (χ4n) is 2.38. The number of aromatic nitrogens is 3. The smallest absolute Gasteiger partial charge is 0.249 e. The summed E-state index contributed by atoms with van der Waals surface area (Å²) in [7, 11) is 0. The number of aliphatic hydroxyl groups is 1. The average molecular weight is 296 g/mol. The van der Waals surface area contributed by atoms with Gasteiger partial charge in [0.25, 0.3) is 0 Å². The highest BCUT2D eigenvalue weighted by atomic mass is 16.3. The number of nitrogens with one attached hydrogen (secondary N) is 1. The first kappa shape index (κ1) is 14.2. The molecule has 1 atom stereocenters. The zero-order valence-electron chi connectivity index (χ0n) is 12.1. The van der Waals surface area contributed by atoms with Crippen molar-refractivity contribution in [2.24, 2.45) is 0 Å². The average Bonchev–Trinajstić information content (AvgIpc) is 2.94. The molecule has 112 valence electrons. The molecule has 6 nitrogen and oxygen atoms in total. The molecule has 3 aromatic rings. The Kier molecular flexibility index (Phi) is 3.84. The topological polar surface area (TPSA) is 80.0 Å². The van der Waals surface area contributed by atoms with E-state index in [9.17, 15) is 9.90 Å². The predicted molar refractivity (Wildman–Crippen MR) is 83.5 cm³/mol. The number of carbonyl (C=O) groups excluding carboxylic acids is 1. The third-order valence-corrected chi connectivity index (χ3v) is 3.53. The fraction of sp³-hybridized carbons (Fsp3) is 0.188. The van der Waals surface area contributed by atoms with E-state index in [-0.39, 0.29) is 12.5 Å². The summed E-state index contributed by atoms with van der Waals surface area (Å²) < 4.78 is 1.64. The minimum absolute atomic E-state index is 0.302. The van der Waals surface area contributed by atoms with Crippen molar-refractivity contribution < 1.29 is 9.90 Å². The van der Waals surface area contributed by atoms with Crippen LogP contribution in [0.3, 0.4) is 0 Å². The molecule has 2 aromatic heterocycles. The summed E-state index contributed by atoms with van der Waals surface area (Å²) in [6.45, 7) is 1.48. The van der Waals surface area contributed by atoms with Crippen molar-refractivity contribution in [3.05, 3.63) is 54.7 Å². The first-order valence-corrected chi connectivity index (χ1v) is 6.95. The van der Waals surface area contributed by atoms with Crippen LogP contribution >= 0.6 is 0 Å². The van der Waals surface area contributed by atoms with Crippen molar-refractivity contribution in [3.8, 4) is 0 Å². The van der Waals surface area contributed by atoms with Crippen molar-refractivity contribution in [2.45, 2.75) is 13.0 Å². The number of pyridine rings is 1. The Morgan fingerprint density at radius 3 is 2.91 bits per heavy atom. The predicted octanol–water partition coefficient (Wildman–Crippen LogP) is 1.91. The normalized spacial score (nSPS) is 12.3. The summed E-state index contributed by atoms with van der Waals surface area (Å²) in [5.74, 6) is 0.367. The van der Waals surface area contributed by atoms with Crippen LogP contribution in [0.15, 0.2) is 48.9 Å². The first-order valence-electron chi connectivity index (χ1n) is 6.95. The zero-order valence-corrected chi connectivity index (χ0v) is 12.1. The van der Waals surface area contributed by atoms with Gasteiger partial charge < -0.3 is 15.0 Å². The van der Waals surface area contributed by atoms with Gasteiger partial charge in [-0.3, -0.25) is 9.78 Å². The first-order chi connectivity index (χ1) is 10.7. The Bertz CT molecular complexity index is 813. The number of benzene rings is 1. The van der Waals surface area contributed by atoms with Gasteiger partial charge in [0, 0.05) is 17.8 Å². The number of carbonyl (C=O) groups is 1. The minimum Gasteiger partial charge on any atom is -0.394 e. The van der Waals surface area contributed by atoms with Crippen LogP contribution in [0.25, 0.3) is 10.9 Å². The van der Waals surface area contributed by atoms with Crippen LogP contribution in [0.5, 0.6) is 0 Å². The highest BCUT2D eigenvalue weighted by molar-refractivity contribution is 5.95. The van der Waals surface area contributed by atoms with E-state index in [0.29, 0.717) is 11.5 Å². The number of aryl methyl sites for hydroxylation is 1. The number of nitrogens with zero attached hydrogens (tertiary/aromatic N) is 3. The van der Waals surface area contributed by atoms with Crippen molar-refractivity contribution in [2.75, 3.05) is 11.9 Å². The molecule has 2 heterocycles. The molecule has 0 aliphatic rings. The van der Waals surface area contributed by atoms with Crippen LogP contribution < -0.4 is 5.32 Å². The lowest BCUT2D eigenvalue weighted by atomic mass is 10.2. The van der Waals surface area contributed by atoms with Gasteiger partial charge in [0.2, 0.25) is 5.91 Å². The Balaban J connectivity index is 1.84. The zero-order chi connectivity index (χ0) is 15.5. The molecule has 0 saturated carbocycles. The molecular formula is C16H16N4O2. The lowest BCUT2D eigenvalue weighted by Gasteiger charge is -2.17. The van der Waals surface area contributed by atoms with Gasteiger partial charge in [-0.25, -0.2) is 4.98 Å². The highest BCUT2D eigenvalue weighted by Crippen LogP contribution is 2.18. The van der Waals surface area contributed by atoms with E-state index < -0.39 is 6.04 Å². The molecule has 0 unspecified atom stereocenters. The molecule has 0 saturated heterocycles. The number of hydrogen-bond donors (Lipinski definition) is 2. The van der Waals surface area contributed by atoms with E-state index in [1.54, 1.807) is 30.1 Å². The van der Waals surface area contributed by atoms with E-state index in [0.717, 1.165) is 10.9 Å². The monoisotopic (exact) mass is 296 g/mol. The van der Waals surface area contributed by atoms with Crippen LogP contribution in [0.2, 0.25) is 0 Å². The Morgan fingerprint density at radius 1 is 1.36 bits per heavy atom. The standard InChI is InChI=1S/C16H16N4O2/c1-11-17-6-7-20(11)15(10-21)16(22)19-13-8-12-4-2-3-5-14(12)18-9-13/h2-9,15,21H,10H2,1H3,(H,19,22)/t15-/m0/s1. The molecule has 0 bridgehead atoms. The molecule has 0 aliphatic heterocycles. The molecule has 0 spiro atoms. The summed E-state index contributed by atoms with van der Waals surface area (Å²) in [4.78, 5) is 20.8. The lowest BCUT2D eigenvalue weighted by Crippen LogP contribution is -2.29. The SMILES string of the molecule is Cc1nccn1[C@@H](CO)C(=O)Nc1cnc2ccccc2c1. The van der Waals surface area contributed by atoms with Gasteiger partial charge in [0.05, 0.1) is 24.0 Å². The number of para-hydroxylation sites is 1. The van der Waals surface area contributed by atoms with Crippen molar-refractivity contribution in [1.82, 2.24) is 14.5 Å². The third kappa shape index (κ3) is 2.68. The van der Waals surface area contributed by atoms with Gasteiger partial charge in [-0.05, 0) is 19.1 Å².